The number of nitrogens with zero attached hydrogens (tertiary/aromatic N) is 2. The number of aromatic nitrogens is 2. The van der Waals surface area contributed by atoms with Crippen molar-refractivity contribution in [1.29, 1.82) is 0 Å². The highest BCUT2D eigenvalue weighted by molar-refractivity contribution is 5.80. The third-order valence-electron chi connectivity index (χ3n) is 2.47. The van der Waals surface area contributed by atoms with Crippen molar-refractivity contribution in [1.82, 2.24) is 15.3 Å². The first kappa shape index (κ1) is 16.2. The van der Waals surface area contributed by atoms with E-state index in [1.54, 1.807) is 13.1 Å². The lowest BCUT2D eigenvalue weighted by Gasteiger charge is -2.10. The van der Waals surface area contributed by atoms with Gasteiger partial charge in [-0.3, -0.25) is 4.79 Å². The van der Waals surface area contributed by atoms with Crippen molar-refractivity contribution in [3.05, 3.63) is 11.9 Å². The lowest BCUT2D eigenvalue weighted by Crippen LogP contribution is -2.30. The summed E-state index contributed by atoms with van der Waals surface area (Å²) in [7, 11) is 1.78. The predicted molar refractivity (Wildman–Crippen MR) is 78.7 cm³/mol. The highest BCUT2D eigenvalue weighted by Crippen LogP contribution is 2.11. The molecule has 0 bridgehead atoms. The van der Waals surface area contributed by atoms with Crippen molar-refractivity contribution in [2.75, 3.05) is 37.4 Å². The van der Waals surface area contributed by atoms with Crippen LogP contribution in [0, 0.1) is 0 Å². The van der Waals surface area contributed by atoms with Crippen molar-refractivity contribution >= 4 is 17.5 Å². The van der Waals surface area contributed by atoms with Crippen LogP contribution in [-0.2, 0) is 16.1 Å². The molecule has 3 N–H and O–H groups in total. The van der Waals surface area contributed by atoms with Gasteiger partial charge in [0.2, 0.25) is 5.91 Å². The number of hydrogen-bond acceptors (Lipinski definition) is 6. The van der Waals surface area contributed by atoms with Crippen LogP contribution in [0.15, 0.2) is 6.07 Å². The number of ether oxygens (including phenoxy) is 1. The second-order valence-electron chi connectivity index (χ2n) is 4.15. The van der Waals surface area contributed by atoms with Crippen LogP contribution in [0.5, 0.6) is 0 Å². The zero-order valence-electron chi connectivity index (χ0n) is 12.3. The Morgan fingerprint density at radius 1 is 1.30 bits per heavy atom. The van der Waals surface area contributed by atoms with Gasteiger partial charge in [0.15, 0.2) is 5.82 Å². The van der Waals surface area contributed by atoms with Gasteiger partial charge >= 0.3 is 0 Å². The molecule has 0 fully saturated rings. The van der Waals surface area contributed by atoms with E-state index >= 15 is 0 Å². The van der Waals surface area contributed by atoms with Gasteiger partial charge in [0.25, 0.3) is 0 Å². The summed E-state index contributed by atoms with van der Waals surface area (Å²) in [6.07, 6.45) is 0.918. The Labute approximate surface area is 119 Å². The Morgan fingerprint density at radius 2 is 2.05 bits per heavy atom. The molecule has 0 saturated carbocycles. The largest absolute Gasteiger partial charge is 0.374 e. The molecule has 0 aliphatic rings. The lowest BCUT2D eigenvalue weighted by atomic mass is 10.4. The van der Waals surface area contributed by atoms with E-state index in [1.807, 2.05) is 13.8 Å². The van der Waals surface area contributed by atoms with E-state index < -0.39 is 0 Å². The molecular formula is C13H23N5O2. The van der Waals surface area contributed by atoms with Crippen LogP contribution in [0.4, 0.5) is 11.6 Å². The van der Waals surface area contributed by atoms with Crippen LogP contribution >= 0.6 is 0 Å². The number of carbonyl (C=O) groups is 1. The molecule has 112 valence electrons. The fourth-order valence-electron chi connectivity index (χ4n) is 1.47. The summed E-state index contributed by atoms with van der Waals surface area (Å²) < 4.78 is 5.29. The molecule has 0 aliphatic carbocycles. The molecule has 0 aliphatic heterocycles. The molecule has 20 heavy (non-hydrogen) atoms. The van der Waals surface area contributed by atoms with Crippen LogP contribution in [-0.4, -0.2) is 42.6 Å². The zero-order valence-corrected chi connectivity index (χ0v) is 12.3. The molecule has 0 unspecified atom stereocenters. The molecule has 0 saturated heterocycles. The van der Waals surface area contributed by atoms with Gasteiger partial charge in [-0.2, -0.15) is 0 Å². The molecule has 1 aromatic heterocycles. The highest BCUT2D eigenvalue weighted by atomic mass is 16.5. The average Bonchev–Trinajstić information content (AvgIpc) is 2.48. The minimum Gasteiger partial charge on any atom is -0.374 e. The molecular weight excluding hydrogens is 258 g/mol. The third-order valence-corrected chi connectivity index (χ3v) is 2.47. The first-order valence-electron chi connectivity index (χ1n) is 6.83. The third kappa shape index (κ3) is 5.83. The molecule has 0 spiro atoms. The van der Waals surface area contributed by atoms with Gasteiger partial charge in [-0.15, -0.1) is 0 Å². The van der Waals surface area contributed by atoms with Crippen LogP contribution < -0.4 is 16.0 Å². The molecule has 1 heterocycles. The van der Waals surface area contributed by atoms with E-state index in [1.165, 1.54) is 0 Å². The van der Waals surface area contributed by atoms with E-state index in [9.17, 15) is 4.79 Å². The number of nitrogens with one attached hydrogen (secondary N) is 3. The summed E-state index contributed by atoms with van der Waals surface area (Å²) in [5.74, 6) is 1.81. The van der Waals surface area contributed by atoms with Crippen molar-refractivity contribution in [3.8, 4) is 0 Å². The van der Waals surface area contributed by atoms with Gasteiger partial charge in [0.1, 0.15) is 18.2 Å². The highest BCUT2D eigenvalue weighted by Gasteiger charge is 2.06. The van der Waals surface area contributed by atoms with Gasteiger partial charge < -0.3 is 20.7 Å². The Balaban J connectivity index is 2.61. The zero-order chi connectivity index (χ0) is 14.8. The predicted octanol–water partition coefficient (Wildman–Crippen LogP) is 0.993. The maximum atomic E-state index is 11.5. The van der Waals surface area contributed by atoms with Gasteiger partial charge in [0, 0.05) is 26.3 Å². The van der Waals surface area contributed by atoms with Crippen LogP contribution in [0.25, 0.3) is 0 Å². The summed E-state index contributed by atoms with van der Waals surface area (Å²) in [5.41, 5.74) is 0. The second-order valence-corrected chi connectivity index (χ2v) is 4.15. The minimum atomic E-state index is -0.0529. The first-order chi connectivity index (χ1) is 9.69. The molecule has 7 nitrogen and oxygen atoms in total. The van der Waals surface area contributed by atoms with Gasteiger partial charge in [-0.25, -0.2) is 9.97 Å². The first-order valence-corrected chi connectivity index (χ1v) is 6.83. The molecule has 1 aromatic rings. The summed E-state index contributed by atoms with van der Waals surface area (Å²) in [5, 5.41) is 8.74. The molecule has 7 heteroatoms. The standard InChI is InChI=1S/C13H23N5O2/c1-4-6-15-13(19)8-16-11-7-10(14-3)17-12(18-11)9-20-5-2/h7H,4-6,8-9H2,1-3H3,(H,15,19)(H2,14,16,17,18). The number of rotatable bonds is 9. The van der Waals surface area contributed by atoms with Gasteiger partial charge in [-0.05, 0) is 13.3 Å². The maximum absolute atomic E-state index is 11.5. The van der Waals surface area contributed by atoms with Crippen molar-refractivity contribution in [3.63, 3.8) is 0 Å². The lowest BCUT2D eigenvalue weighted by molar-refractivity contribution is -0.119. The van der Waals surface area contributed by atoms with E-state index in [4.69, 9.17) is 4.74 Å². The van der Waals surface area contributed by atoms with E-state index in [0.717, 1.165) is 6.42 Å². The van der Waals surface area contributed by atoms with Crippen molar-refractivity contribution in [2.24, 2.45) is 0 Å². The second kappa shape index (κ2) is 9.08. The monoisotopic (exact) mass is 281 g/mol. The Morgan fingerprint density at radius 3 is 2.70 bits per heavy atom. The number of carbonyl (C=O) groups excluding carboxylic acids is 1. The average molecular weight is 281 g/mol. The summed E-state index contributed by atoms with van der Waals surface area (Å²) in [6, 6.07) is 1.75. The topological polar surface area (TPSA) is 88.2 Å². The van der Waals surface area contributed by atoms with E-state index in [-0.39, 0.29) is 12.5 Å². The Kier molecular flexibility index (Phi) is 7.34. The Bertz CT molecular complexity index is 425. The number of amides is 1. The van der Waals surface area contributed by atoms with E-state index in [2.05, 4.69) is 25.9 Å². The van der Waals surface area contributed by atoms with Crippen molar-refractivity contribution in [2.45, 2.75) is 26.9 Å². The number of anilines is 2. The maximum Gasteiger partial charge on any atom is 0.239 e. The van der Waals surface area contributed by atoms with Crippen LogP contribution in [0.3, 0.4) is 0 Å². The van der Waals surface area contributed by atoms with Crippen molar-refractivity contribution < 1.29 is 9.53 Å². The quantitative estimate of drug-likeness (QED) is 0.625. The fourth-order valence-corrected chi connectivity index (χ4v) is 1.47. The van der Waals surface area contributed by atoms with Gasteiger partial charge in [0.05, 0.1) is 6.54 Å². The number of hydrogen-bond donors (Lipinski definition) is 3. The molecule has 0 atom stereocenters. The van der Waals surface area contributed by atoms with E-state index in [0.29, 0.717) is 37.2 Å². The summed E-state index contributed by atoms with van der Waals surface area (Å²) in [4.78, 5) is 20.1. The molecule has 1 rings (SSSR count). The normalized spacial score (nSPS) is 10.2. The smallest absolute Gasteiger partial charge is 0.239 e. The molecule has 0 radical (unpaired) electrons. The van der Waals surface area contributed by atoms with Crippen LogP contribution in [0.1, 0.15) is 26.1 Å². The Hall–Kier alpha value is -1.89. The fraction of sp³-hybridized carbons (Fsp3) is 0.615. The van der Waals surface area contributed by atoms with Gasteiger partial charge in [-0.1, -0.05) is 6.92 Å². The summed E-state index contributed by atoms with van der Waals surface area (Å²) in [6.45, 7) is 5.75. The van der Waals surface area contributed by atoms with Crippen LogP contribution in [0.2, 0.25) is 0 Å². The SMILES string of the molecule is CCCNC(=O)CNc1cc(NC)nc(COCC)n1. The molecule has 1 amide bonds. The molecule has 0 aromatic carbocycles. The summed E-state index contributed by atoms with van der Waals surface area (Å²) >= 11 is 0. The minimum absolute atomic E-state index is 0.0529.